The maximum absolute atomic E-state index is 11.6. The van der Waals surface area contributed by atoms with E-state index in [9.17, 15) is 8.42 Å². The summed E-state index contributed by atoms with van der Waals surface area (Å²) in [6, 6.07) is 0. The van der Waals surface area contributed by atoms with Crippen LogP contribution in [0.2, 0.25) is 0 Å². The molecule has 0 aliphatic rings. The number of aromatic nitrogens is 2. The van der Waals surface area contributed by atoms with Crippen LogP contribution in [0.1, 0.15) is 12.5 Å². The largest absolute Gasteiger partial charge is 0.370 e. The SMILES string of the molecule is CCNc1ncnc(NCCS(=O)(=O)N(C)C)c1C. The van der Waals surface area contributed by atoms with Crippen molar-refractivity contribution >= 4 is 21.7 Å². The lowest BCUT2D eigenvalue weighted by molar-refractivity contribution is 0.521. The minimum Gasteiger partial charge on any atom is -0.370 e. The lowest BCUT2D eigenvalue weighted by atomic mass is 10.3. The molecule has 1 aromatic heterocycles. The fourth-order valence-corrected chi connectivity index (χ4v) is 2.18. The molecule has 1 aromatic rings. The maximum atomic E-state index is 11.6. The molecule has 0 unspecified atom stereocenters. The van der Waals surface area contributed by atoms with E-state index in [4.69, 9.17) is 0 Å². The van der Waals surface area contributed by atoms with Crippen LogP contribution in [0.25, 0.3) is 0 Å². The van der Waals surface area contributed by atoms with Gasteiger partial charge < -0.3 is 10.6 Å². The molecule has 108 valence electrons. The second-order valence-corrected chi connectivity index (χ2v) is 6.55. The normalized spacial score (nSPS) is 11.6. The van der Waals surface area contributed by atoms with Crippen molar-refractivity contribution in [2.75, 3.05) is 43.6 Å². The molecule has 0 aliphatic carbocycles. The third kappa shape index (κ3) is 4.32. The molecule has 0 saturated heterocycles. The van der Waals surface area contributed by atoms with Crippen molar-refractivity contribution < 1.29 is 8.42 Å². The Bertz CT molecular complexity index is 516. The molecular formula is C11H21N5O2S. The molecule has 0 saturated carbocycles. The van der Waals surface area contributed by atoms with Crippen LogP contribution in [0.5, 0.6) is 0 Å². The second kappa shape index (κ2) is 6.67. The lowest BCUT2D eigenvalue weighted by Gasteiger charge is -2.14. The Morgan fingerprint density at radius 1 is 1.21 bits per heavy atom. The summed E-state index contributed by atoms with van der Waals surface area (Å²) in [5.74, 6) is 1.44. The van der Waals surface area contributed by atoms with Gasteiger partial charge in [0.1, 0.15) is 18.0 Å². The number of sulfonamides is 1. The van der Waals surface area contributed by atoms with Crippen molar-refractivity contribution in [1.82, 2.24) is 14.3 Å². The summed E-state index contributed by atoms with van der Waals surface area (Å²) >= 11 is 0. The topological polar surface area (TPSA) is 87.2 Å². The number of hydrogen-bond acceptors (Lipinski definition) is 6. The summed E-state index contributed by atoms with van der Waals surface area (Å²) in [7, 11) is -0.145. The molecule has 0 atom stereocenters. The lowest BCUT2D eigenvalue weighted by Crippen LogP contribution is -2.28. The van der Waals surface area contributed by atoms with Gasteiger partial charge in [0.15, 0.2) is 0 Å². The van der Waals surface area contributed by atoms with Crippen LogP contribution < -0.4 is 10.6 Å². The molecule has 0 aliphatic heterocycles. The van der Waals surface area contributed by atoms with Gasteiger partial charge >= 0.3 is 0 Å². The van der Waals surface area contributed by atoms with Gasteiger partial charge in [-0.2, -0.15) is 0 Å². The van der Waals surface area contributed by atoms with Gasteiger partial charge in [-0.15, -0.1) is 0 Å². The van der Waals surface area contributed by atoms with Gasteiger partial charge in [0.2, 0.25) is 10.0 Å². The molecule has 0 amide bonds. The number of rotatable bonds is 7. The summed E-state index contributed by atoms with van der Waals surface area (Å²) in [6.45, 7) is 4.95. The second-order valence-electron chi connectivity index (χ2n) is 4.25. The molecular weight excluding hydrogens is 266 g/mol. The first-order valence-electron chi connectivity index (χ1n) is 6.08. The number of hydrogen-bond donors (Lipinski definition) is 2. The van der Waals surface area contributed by atoms with Crippen molar-refractivity contribution in [3.63, 3.8) is 0 Å². The van der Waals surface area contributed by atoms with E-state index in [0.29, 0.717) is 12.4 Å². The smallest absolute Gasteiger partial charge is 0.215 e. The third-order valence-electron chi connectivity index (χ3n) is 2.64. The van der Waals surface area contributed by atoms with E-state index in [2.05, 4.69) is 20.6 Å². The number of nitrogens with zero attached hydrogens (tertiary/aromatic N) is 3. The molecule has 19 heavy (non-hydrogen) atoms. The van der Waals surface area contributed by atoms with Gasteiger partial charge in [-0.05, 0) is 13.8 Å². The van der Waals surface area contributed by atoms with Crippen molar-refractivity contribution in [1.29, 1.82) is 0 Å². The van der Waals surface area contributed by atoms with E-state index in [1.54, 1.807) is 0 Å². The van der Waals surface area contributed by atoms with Gasteiger partial charge in [-0.1, -0.05) is 0 Å². The van der Waals surface area contributed by atoms with Crippen LogP contribution in [-0.4, -0.2) is 55.6 Å². The predicted molar refractivity (Wildman–Crippen MR) is 76.9 cm³/mol. The van der Waals surface area contributed by atoms with Crippen molar-refractivity contribution in [2.45, 2.75) is 13.8 Å². The highest BCUT2D eigenvalue weighted by Gasteiger charge is 2.13. The van der Waals surface area contributed by atoms with Crippen molar-refractivity contribution in [2.24, 2.45) is 0 Å². The van der Waals surface area contributed by atoms with E-state index < -0.39 is 10.0 Å². The van der Waals surface area contributed by atoms with Crippen LogP contribution in [0.15, 0.2) is 6.33 Å². The van der Waals surface area contributed by atoms with Crippen LogP contribution in [0.4, 0.5) is 11.6 Å². The highest BCUT2D eigenvalue weighted by Crippen LogP contribution is 2.17. The summed E-state index contributed by atoms with van der Waals surface area (Å²) in [5.41, 5.74) is 0.881. The standard InChI is InChI=1S/C11H21N5O2S/c1-5-12-10-9(2)11(15-8-14-10)13-6-7-19(17,18)16(3)4/h8H,5-7H2,1-4H3,(H2,12,13,14,15). The molecule has 0 radical (unpaired) electrons. The summed E-state index contributed by atoms with van der Waals surface area (Å²) in [5, 5.41) is 6.15. The summed E-state index contributed by atoms with van der Waals surface area (Å²) < 4.78 is 24.4. The Morgan fingerprint density at radius 3 is 2.32 bits per heavy atom. The molecule has 0 spiro atoms. The van der Waals surface area contributed by atoms with Crippen LogP contribution >= 0.6 is 0 Å². The zero-order valence-electron chi connectivity index (χ0n) is 11.8. The van der Waals surface area contributed by atoms with E-state index in [1.165, 1.54) is 24.7 Å². The fraction of sp³-hybridized carbons (Fsp3) is 0.636. The first-order chi connectivity index (χ1) is 8.88. The van der Waals surface area contributed by atoms with Gasteiger partial charge in [-0.25, -0.2) is 22.7 Å². The van der Waals surface area contributed by atoms with Gasteiger partial charge in [0.05, 0.1) is 5.75 Å². The van der Waals surface area contributed by atoms with Crippen molar-refractivity contribution in [3.8, 4) is 0 Å². The van der Waals surface area contributed by atoms with E-state index in [-0.39, 0.29) is 5.75 Å². The Hall–Kier alpha value is -1.41. The van der Waals surface area contributed by atoms with Crippen LogP contribution in [-0.2, 0) is 10.0 Å². The first kappa shape index (κ1) is 15.6. The average molecular weight is 287 g/mol. The van der Waals surface area contributed by atoms with Gasteiger partial charge in [0, 0.05) is 32.7 Å². The first-order valence-corrected chi connectivity index (χ1v) is 7.69. The quantitative estimate of drug-likeness (QED) is 0.760. The molecule has 8 heteroatoms. The monoisotopic (exact) mass is 287 g/mol. The summed E-state index contributed by atoms with van der Waals surface area (Å²) in [6.07, 6.45) is 1.45. The van der Waals surface area contributed by atoms with E-state index >= 15 is 0 Å². The molecule has 7 nitrogen and oxygen atoms in total. The highest BCUT2D eigenvalue weighted by atomic mass is 32.2. The fourth-order valence-electron chi connectivity index (χ4n) is 1.46. The number of anilines is 2. The molecule has 0 fully saturated rings. The molecule has 1 rings (SSSR count). The van der Waals surface area contributed by atoms with Crippen LogP contribution in [0.3, 0.4) is 0 Å². The maximum Gasteiger partial charge on any atom is 0.215 e. The third-order valence-corrected chi connectivity index (χ3v) is 4.47. The Balaban J connectivity index is 2.66. The summed E-state index contributed by atoms with van der Waals surface area (Å²) in [4.78, 5) is 8.24. The van der Waals surface area contributed by atoms with Crippen molar-refractivity contribution in [3.05, 3.63) is 11.9 Å². The molecule has 2 N–H and O–H groups in total. The molecule has 1 heterocycles. The zero-order chi connectivity index (χ0) is 14.5. The molecule has 0 aromatic carbocycles. The average Bonchev–Trinajstić information content (AvgIpc) is 2.33. The van der Waals surface area contributed by atoms with E-state index in [0.717, 1.165) is 17.9 Å². The molecule has 0 bridgehead atoms. The van der Waals surface area contributed by atoms with Gasteiger partial charge in [0.25, 0.3) is 0 Å². The number of nitrogens with one attached hydrogen (secondary N) is 2. The Morgan fingerprint density at radius 2 is 1.79 bits per heavy atom. The Kier molecular flexibility index (Phi) is 5.49. The Labute approximate surface area is 114 Å². The minimum absolute atomic E-state index is 0.0278. The van der Waals surface area contributed by atoms with Gasteiger partial charge in [-0.3, -0.25) is 0 Å². The van der Waals surface area contributed by atoms with E-state index in [1.807, 2.05) is 13.8 Å². The van der Waals surface area contributed by atoms with Crippen LogP contribution in [0, 0.1) is 6.92 Å². The highest BCUT2D eigenvalue weighted by molar-refractivity contribution is 7.89. The predicted octanol–water partition coefficient (Wildman–Crippen LogP) is 0.520. The minimum atomic E-state index is -3.19. The zero-order valence-corrected chi connectivity index (χ0v) is 12.6.